The van der Waals surface area contributed by atoms with E-state index in [-0.39, 0.29) is 17.3 Å². The molecule has 2 fully saturated rings. The topological polar surface area (TPSA) is 29.6 Å². The third kappa shape index (κ3) is 1.32. The second-order valence-electron chi connectivity index (χ2n) is 5.26. The normalized spacial score (nSPS) is 40.2. The molecule has 16 heavy (non-hydrogen) atoms. The van der Waals surface area contributed by atoms with Crippen LogP contribution in [0, 0.1) is 5.92 Å². The molecule has 0 bridgehead atoms. The first-order valence-corrected chi connectivity index (χ1v) is 5.98. The van der Waals surface area contributed by atoms with E-state index in [0.717, 1.165) is 24.8 Å². The second kappa shape index (κ2) is 3.56. The third-order valence-electron chi connectivity index (χ3n) is 4.12. The quantitative estimate of drug-likeness (QED) is 0.526. The van der Waals surface area contributed by atoms with Gasteiger partial charge in [-0.2, -0.15) is 0 Å². The van der Waals surface area contributed by atoms with Gasteiger partial charge in [0.1, 0.15) is 5.60 Å². The number of ether oxygens (including phenoxy) is 1. The summed E-state index contributed by atoms with van der Waals surface area (Å²) in [5.41, 5.74) is 0.324. The molecule has 0 amide bonds. The molecule has 0 aromatic carbocycles. The van der Waals surface area contributed by atoms with Crippen LogP contribution >= 0.6 is 0 Å². The average Bonchev–Trinajstić information content (AvgIpc) is 2.73. The van der Waals surface area contributed by atoms with E-state index in [2.05, 4.69) is 20.1 Å². The van der Waals surface area contributed by atoms with Crippen molar-refractivity contribution in [2.75, 3.05) is 0 Å². The molecule has 1 heterocycles. The van der Waals surface area contributed by atoms with E-state index in [9.17, 15) is 4.79 Å². The summed E-state index contributed by atoms with van der Waals surface area (Å²) in [6.07, 6.45) is 5.08. The van der Waals surface area contributed by atoms with E-state index in [1.807, 2.05) is 6.92 Å². The Hall–Kier alpha value is -0.890. The van der Waals surface area contributed by atoms with Crippen LogP contribution in [-0.4, -0.2) is 17.0 Å². The molecule has 1 aliphatic carbocycles. The van der Waals surface area contributed by atoms with Crippen LogP contribution in [0.4, 0.5) is 0 Å². The fourth-order valence-corrected chi connectivity index (χ4v) is 3.19. The van der Waals surface area contributed by atoms with Crippen molar-refractivity contribution in [1.29, 1.82) is 0 Å². The van der Waals surface area contributed by atoms with Crippen LogP contribution in [0.1, 0.15) is 39.5 Å². The highest BCUT2D eigenvalue weighted by Crippen LogP contribution is 2.64. The largest absolute Gasteiger partial charge is 0.354 e. The number of epoxide rings is 1. The van der Waals surface area contributed by atoms with Gasteiger partial charge in [-0.15, -0.1) is 6.58 Å². The fourth-order valence-electron chi connectivity index (χ4n) is 3.19. The molecule has 0 N–H and O–H groups in total. The predicted octanol–water partition coefficient (Wildman–Crippen LogP) is 3.04. The van der Waals surface area contributed by atoms with Crippen molar-refractivity contribution in [3.8, 4) is 0 Å². The Kier molecular flexibility index (Phi) is 2.58. The van der Waals surface area contributed by atoms with Crippen LogP contribution in [0.25, 0.3) is 0 Å². The van der Waals surface area contributed by atoms with Crippen LogP contribution in [-0.2, 0) is 9.53 Å². The van der Waals surface area contributed by atoms with E-state index in [1.54, 1.807) is 6.08 Å². The molecule has 0 aromatic rings. The van der Waals surface area contributed by atoms with Gasteiger partial charge in [-0.05, 0) is 33.1 Å². The maximum absolute atomic E-state index is 12.3. The second-order valence-corrected chi connectivity index (χ2v) is 5.26. The zero-order valence-electron chi connectivity index (χ0n) is 10.2. The zero-order chi connectivity index (χ0) is 12.0. The molecule has 1 saturated carbocycles. The van der Waals surface area contributed by atoms with Crippen molar-refractivity contribution in [3.05, 3.63) is 24.8 Å². The molecule has 1 saturated heterocycles. The minimum Gasteiger partial charge on any atom is -0.354 e. The Morgan fingerprint density at radius 1 is 1.62 bits per heavy atom. The van der Waals surface area contributed by atoms with Gasteiger partial charge in [0.05, 0.1) is 0 Å². The highest BCUT2D eigenvalue weighted by Gasteiger charge is 2.77. The maximum Gasteiger partial charge on any atom is 0.168 e. The number of carbonyl (C=O) groups excluding carboxylic acids is 1. The molecule has 2 heteroatoms. The molecule has 88 valence electrons. The maximum atomic E-state index is 12.3. The summed E-state index contributed by atoms with van der Waals surface area (Å²) in [7, 11) is 0. The Balaban J connectivity index is 2.19. The van der Waals surface area contributed by atoms with E-state index in [1.165, 1.54) is 0 Å². The monoisotopic (exact) mass is 220 g/mol. The predicted molar refractivity (Wildman–Crippen MR) is 64.2 cm³/mol. The minimum absolute atomic E-state index is 0.213. The van der Waals surface area contributed by atoms with Crippen LogP contribution in [0.3, 0.4) is 0 Å². The van der Waals surface area contributed by atoms with Crippen molar-refractivity contribution in [3.63, 3.8) is 0 Å². The van der Waals surface area contributed by atoms with Gasteiger partial charge in [0.15, 0.2) is 11.4 Å². The summed E-state index contributed by atoms with van der Waals surface area (Å²) in [5.74, 6) is 0.454. The van der Waals surface area contributed by atoms with Crippen LogP contribution in [0.15, 0.2) is 24.8 Å². The lowest BCUT2D eigenvalue weighted by molar-refractivity contribution is -0.125. The number of rotatable bonds is 5. The summed E-state index contributed by atoms with van der Waals surface area (Å²) in [4.78, 5) is 12.3. The molecule has 0 aromatic heterocycles. The third-order valence-corrected chi connectivity index (χ3v) is 4.12. The minimum atomic E-state index is -0.540. The first kappa shape index (κ1) is 11.6. The van der Waals surface area contributed by atoms with Crippen LogP contribution in [0.5, 0.6) is 0 Å². The summed E-state index contributed by atoms with van der Waals surface area (Å²) in [6.45, 7) is 11.7. The van der Waals surface area contributed by atoms with Crippen molar-refractivity contribution in [1.82, 2.24) is 0 Å². The lowest BCUT2D eigenvalue weighted by Gasteiger charge is -2.19. The number of hydrogen-bond donors (Lipinski definition) is 0. The van der Waals surface area contributed by atoms with E-state index < -0.39 is 5.60 Å². The molecule has 3 atom stereocenters. The number of fused-ring (bicyclic) bond motifs is 1. The standard InChI is InChI=1S/C14H20O2/c1-5-6-7-12(15)14-11(10(2)3)8-9-13(14,4)16-14/h5,11H,1-2,6-9H2,3-4H3/t11-,13-,14-/m0/s1. The lowest BCUT2D eigenvalue weighted by atomic mass is 9.81. The molecular weight excluding hydrogens is 200 g/mol. The SMILES string of the molecule is C=CCCC(=O)[C@]12O[C@@]1(C)CC[C@H]2C(=C)C. The van der Waals surface area contributed by atoms with Crippen molar-refractivity contribution in [2.45, 2.75) is 50.7 Å². The van der Waals surface area contributed by atoms with Gasteiger partial charge in [0, 0.05) is 12.3 Å². The van der Waals surface area contributed by atoms with Gasteiger partial charge in [0.25, 0.3) is 0 Å². The number of ketones is 1. The van der Waals surface area contributed by atoms with Gasteiger partial charge >= 0.3 is 0 Å². The number of allylic oxidation sites excluding steroid dienone is 1. The average molecular weight is 220 g/mol. The molecular formula is C14H20O2. The fraction of sp³-hybridized carbons (Fsp3) is 0.643. The van der Waals surface area contributed by atoms with Gasteiger partial charge in [-0.25, -0.2) is 0 Å². The van der Waals surface area contributed by atoms with Crippen LogP contribution in [0.2, 0.25) is 0 Å². The highest BCUT2D eigenvalue weighted by atomic mass is 16.6. The van der Waals surface area contributed by atoms with Crippen molar-refractivity contribution >= 4 is 5.78 Å². The molecule has 2 aliphatic rings. The molecule has 2 nitrogen and oxygen atoms in total. The molecule has 1 aliphatic heterocycles. The summed E-state index contributed by atoms with van der Waals surface area (Å²) < 4.78 is 5.82. The molecule has 0 unspecified atom stereocenters. The van der Waals surface area contributed by atoms with E-state index in [0.29, 0.717) is 6.42 Å². The Bertz CT molecular complexity index is 358. The summed E-state index contributed by atoms with van der Waals surface area (Å²) in [6, 6.07) is 0. The van der Waals surface area contributed by atoms with Crippen molar-refractivity contribution < 1.29 is 9.53 Å². The molecule has 2 rings (SSSR count). The lowest BCUT2D eigenvalue weighted by Crippen LogP contribution is -2.35. The first-order chi connectivity index (χ1) is 7.48. The van der Waals surface area contributed by atoms with Gasteiger partial charge in [-0.3, -0.25) is 4.79 Å². The Morgan fingerprint density at radius 2 is 2.31 bits per heavy atom. The number of hydrogen-bond acceptors (Lipinski definition) is 2. The molecule has 0 radical (unpaired) electrons. The van der Waals surface area contributed by atoms with E-state index >= 15 is 0 Å². The number of Topliss-reactive ketones (excluding diaryl/α,β-unsaturated/α-hetero) is 1. The summed E-state index contributed by atoms with van der Waals surface area (Å²) in [5, 5.41) is 0. The van der Waals surface area contributed by atoms with Gasteiger partial charge in [-0.1, -0.05) is 18.2 Å². The van der Waals surface area contributed by atoms with E-state index in [4.69, 9.17) is 4.74 Å². The number of carbonyl (C=O) groups is 1. The highest BCUT2D eigenvalue weighted by molar-refractivity contribution is 5.93. The van der Waals surface area contributed by atoms with Crippen molar-refractivity contribution in [2.24, 2.45) is 5.92 Å². The van der Waals surface area contributed by atoms with Crippen LogP contribution < -0.4 is 0 Å². The first-order valence-electron chi connectivity index (χ1n) is 5.98. The Labute approximate surface area is 97.4 Å². The molecule has 0 spiro atoms. The zero-order valence-corrected chi connectivity index (χ0v) is 10.2. The van der Waals surface area contributed by atoms with Gasteiger partial charge < -0.3 is 4.74 Å². The van der Waals surface area contributed by atoms with Gasteiger partial charge in [0.2, 0.25) is 0 Å². The summed E-state index contributed by atoms with van der Waals surface area (Å²) >= 11 is 0. The Morgan fingerprint density at radius 3 is 2.81 bits per heavy atom. The smallest absolute Gasteiger partial charge is 0.168 e.